The molecule has 3 saturated carbocycles. The Hall–Kier alpha value is -0.0800. The molecule has 0 aromatic carbocycles. The van der Waals surface area contributed by atoms with E-state index in [2.05, 4.69) is 6.92 Å². The normalized spacial score (nSPS) is 50.6. The van der Waals surface area contributed by atoms with Gasteiger partial charge >= 0.3 is 0 Å². The molecule has 3 fully saturated rings. The molecule has 16 heavy (non-hydrogen) atoms. The molecule has 2 unspecified atom stereocenters. The minimum atomic E-state index is -0.252. The van der Waals surface area contributed by atoms with E-state index >= 15 is 0 Å². The van der Waals surface area contributed by atoms with Gasteiger partial charge in [-0.1, -0.05) is 12.8 Å². The molecule has 3 rings (SSSR count). The van der Waals surface area contributed by atoms with Crippen molar-refractivity contribution >= 4 is 0 Å². The minimum absolute atomic E-state index is 0.252. The third-order valence-electron chi connectivity index (χ3n) is 5.15. The summed E-state index contributed by atoms with van der Waals surface area (Å²) < 4.78 is 5.58. The van der Waals surface area contributed by atoms with Crippen molar-refractivity contribution in [2.24, 2.45) is 17.8 Å². The topological polar surface area (TPSA) is 29.5 Å². The van der Waals surface area contributed by atoms with E-state index in [1.165, 1.54) is 38.5 Å². The molecule has 3 aliphatic carbocycles. The number of rotatable bonds is 4. The molecule has 92 valence electrons. The Morgan fingerprint density at radius 1 is 1.19 bits per heavy atom. The highest BCUT2D eigenvalue weighted by atomic mass is 16.5. The highest BCUT2D eigenvalue weighted by Gasteiger charge is 2.64. The Balaban J connectivity index is 1.46. The van der Waals surface area contributed by atoms with Gasteiger partial charge in [0.25, 0.3) is 0 Å². The smallest absolute Gasteiger partial charge is 0.0713 e. The fourth-order valence-electron chi connectivity index (χ4n) is 4.20. The van der Waals surface area contributed by atoms with Crippen LogP contribution >= 0.6 is 0 Å². The van der Waals surface area contributed by atoms with Gasteiger partial charge in [0.05, 0.1) is 11.7 Å². The molecule has 0 aromatic rings. The molecule has 2 atom stereocenters. The van der Waals surface area contributed by atoms with Crippen LogP contribution in [-0.4, -0.2) is 23.4 Å². The maximum atomic E-state index is 10.6. The van der Waals surface area contributed by atoms with Crippen molar-refractivity contribution in [3.8, 4) is 0 Å². The quantitative estimate of drug-likeness (QED) is 0.795. The van der Waals surface area contributed by atoms with Gasteiger partial charge in [-0.2, -0.15) is 0 Å². The molecule has 0 aromatic heterocycles. The molecule has 0 heterocycles. The predicted octanol–water partition coefficient (Wildman–Crippen LogP) is 2.74. The van der Waals surface area contributed by atoms with Gasteiger partial charge in [-0.05, 0) is 56.8 Å². The second kappa shape index (κ2) is 3.99. The summed E-state index contributed by atoms with van der Waals surface area (Å²) in [5, 5.41) is 10.6. The lowest BCUT2D eigenvalue weighted by molar-refractivity contribution is -0.0446. The van der Waals surface area contributed by atoms with Crippen LogP contribution in [0.3, 0.4) is 0 Å². The van der Waals surface area contributed by atoms with Gasteiger partial charge in [0, 0.05) is 6.61 Å². The molecular formula is C14H24O2. The number of ether oxygens (including phenoxy) is 1. The second-order valence-corrected chi connectivity index (χ2v) is 6.11. The molecule has 2 heteroatoms. The van der Waals surface area contributed by atoms with Crippen LogP contribution < -0.4 is 0 Å². The van der Waals surface area contributed by atoms with E-state index in [-0.39, 0.29) is 5.60 Å². The maximum absolute atomic E-state index is 10.6. The maximum Gasteiger partial charge on any atom is 0.0713 e. The Bertz CT molecular complexity index is 245. The number of hydrogen-bond donors (Lipinski definition) is 1. The lowest BCUT2D eigenvalue weighted by Crippen LogP contribution is -2.35. The van der Waals surface area contributed by atoms with Crippen molar-refractivity contribution in [2.75, 3.05) is 6.61 Å². The summed E-state index contributed by atoms with van der Waals surface area (Å²) in [5.41, 5.74) is -0.252. The van der Waals surface area contributed by atoms with E-state index in [0.29, 0.717) is 17.9 Å². The third kappa shape index (κ3) is 1.70. The van der Waals surface area contributed by atoms with E-state index in [0.717, 1.165) is 18.9 Å². The van der Waals surface area contributed by atoms with Crippen LogP contribution in [0.2, 0.25) is 0 Å². The van der Waals surface area contributed by atoms with E-state index in [1.807, 2.05) is 0 Å². The molecule has 1 N–H and O–H groups in total. The molecule has 0 amide bonds. The minimum Gasteiger partial charge on any atom is -0.389 e. The van der Waals surface area contributed by atoms with E-state index in [4.69, 9.17) is 4.74 Å². The zero-order valence-electron chi connectivity index (χ0n) is 10.3. The fraction of sp³-hybridized carbons (Fsp3) is 1.00. The van der Waals surface area contributed by atoms with Crippen LogP contribution in [0.25, 0.3) is 0 Å². The third-order valence-corrected chi connectivity index (χ3v) is 5.15. The highest BCUT2D eigenvalue weighted by molar-refractivity contribution is 5.14. The number of hydrogen-bond acceptors (Lipinski definition) is 2. The van der Waals surface area contributed by atoms with Crippen LogP contribution in [0.5, 0.6) is 0 Å². The molecule has 0 radical (unpaired) electrons. The first kappa shape index (κ1) is 11.0. The van der Waals surface area contributed by atoms with E-state index < -0.39 is 0 Å². The van der Waals surface area contributed by atoms with Gasteiger partial charge < -0.3 is 9.84 Å². The first-order valence-corrected chi connectivity index (χ1v) is 7.08. The van der Waals surface area contributed by atoms with Gasteiger partial charge in [0.2, 0.25) is 0 Å². The Kier molecular flexibility index (Phi) is 2.75. The summed E-state index contributed by atoms with van der Waals surface area (Å²) in [7, 11) is 0. The lowest BCUT2D eigenvalue weighted by Gasteiger charge is -2.36. The van der Waals surface area contributed by atoms with Crippen LogP contribution in [-0.2, 0) is 4.74 Å². The summed E-state index contributed by atoms with van der Waals surface area (Å²) in [5.74, 6) is 2.06. The van der Waals surface area contributed by atoms with Gasteiger partial charge in [-0.25, -0.2) is 0 Å². The first-order valence-electron chi connectivity index (χ1n) is 7.08. The number of fused-ring (bicyclic) bond motifs is 1. The van der Waals surface area contributed by atoms with E-state index in [9.17, 15) is 5.11 Å². The molecular weight excluding hydrogens is 200 g/mol. The van der Waals surface area contributed by atoms with Crippen molar-refractivity contribution in [3.05, 3.63) is 0 Å². The van der Waals surface area contributed by atoms with Crippen molar-refractivity contribution in [1.29, 1.82) is 0 Å². The second-order valence-electron chi connectivity index (χ2n) is 6.11. The highest BCUT2D eigenvalue weighted by Crippen LogP contribution is 2.62. The summed E-state index contributed by atoms with van der Waals surface area (Å²) in [4.78, 5) is 0. The average molecular weight is 224 g/mol. The molecule has 0 aliphatic heterocycles. The SMILES string of the molecule is CCOC1CC(CC2(O)C3CCCCC32)C1. The largest absolute Gasteiger partial charge is 0.389 e. The van der Waals surface area contributed by atoms with Gasteiger partial charge in [-0.3, -0.25) is 0 Å². The van der Waals surface area contributed by atoms with Crippen LogP contribution in [0, 0.1) is 17.8 Å². The van der Waals surface area contributed by atoms with E-state index in [1.54, 1.807) is 0 Å². The molecule has 2 nitrogen and oxygen atoms in total. The molecule has 3 aliphatic rings. The van der Waals surface area contributed by atoms with Crippen LogP contribution in [0.15, 0.2) is 0 Å². The van der Waals surface area contributed by atoms with Crippen molar-refractivity contribution < 1.29 is 9.84 Å². The van der Waals surface area contributed by atoms with Crippen LogP contribution in [0.1, 0.15) is 51.9 Å². The summed E-state index contributed by atoms with van der Waals surface area (Å²) >= 11 is 0. The summed E-state index contributed by atoms with van der Waals surface area (Å²) in [6.07, 6.45) is 9.19. The van der Waals surface area contributed by atoms with Crippen LogP contribution in [0.4, 0.5) is 0 Å². The summed E-state index contributed by atoms with van der Waals surface area (Å²) in [6, 6.07) is 0. The number of aliphatic hydroxyl groups is 1. The standard InChI is InChI=1S/C14H24O2/c1-2-16-11-7-10(8-11)9-14(15)12-5-3-4-6-13(12)14/h10-13,15H,2-9H2,1H3. The van der Waals surface area contributed by atoms with Gasteiger partial charge in [0.15, 0.2) is 0 Å². The molecule has 0 saturated heterocycles. The Morgan fingerprint density at radius 2 is 1.81 bits per heavy atom. The first-order chi connectivity index (χ1) is 7.74. The fourth-order valence-corrected chi connectivity index (χ4v) is 4.20. The van der Waals surface area contributed by atoms with Crippen molar-refractivity contribution in [3.63, 3.8) is 0 Å². The zero-order valence-corrected chi connectivity index (χ0v) is 10.3. The van der Waals surface area contributed by atoms with Crippen molar-refractivity contribution in [1.82, 2.24) is 0 Å². The Labute approximate surface area is 98.4 Å². The van der Waals surface area contributed by atoms with Gasteiger partial charge in [-0.15, -0.1) is 0 Å². The monoisotopic (exact) mass is 224 g/mol. The Morgan fingerprint density at radius 3 is 2.38 bits per heavy atom. The average Bonchev–Trinajstić information content (AvgIpc) is 2.83. The lowest BCUT2D eigenvalue weighted by atomic mass is 9.77. The van der Waals surface area contributed by atoms with Gasteiger partial charge in [0.1, 0.15) is 0 Å². The van der Waals surface area contributed by atoms with Crippen molar-refractivity contribution in [2.45, 2.75) is 63.6 Å². The molecule has 0 bridgehead atoms. The molecule has 0 spiro atoms. The summed E-state index contributed by atoms with van der Waals surface area (Å²) in [6.45, 7) is 2.91. The predicted molar refractivity (Wildman–Crippen MR) is 63.2 cm³/mol. The zero-order chi connectivity index (χ0) is 11.2.